The Bertz CT molecular complexity index is 1360. The summed E-state index contributed by atoms with van der Waals surface area (Å²) < 4.78 is 15.1. The molecule has 0 unspecified atom stereocenters. The smallest absolute Gasteiger partial charge is 0.257 e. The van der Waals surface area contributed by atoms with Gasteiger partial charge >= 0.3 is 0 Å². The minimum absolute atomic E-state index is 0.0136. The summed E-state index contributed by atoms with van der Waals surface area (Å²) in [5, 5.41) is 7.74. The van der Waals surface area contributed by atoms with E-state index in [1.54, 1.807) is 52.4 Å². The number of carbonyl (C=O) groups is 2. The number of piperidine rings is 1. The Hall–Kier alpha value is -4.33. The average molecular weight is 484 g/mol. The predicted octanol–water partition coefficient (Wildman–Crippen LogP) is 4.42. The minimum atomic E-state index is -0.334. The number of likely N-dealkylation sites (tertiary alicyclic amines) is 1. The lowest BCUT2D eigenvalue weighted by molar-refractivity contribution is 0.0699. The number of carbonyl (C=O) groups excluding carboxylic acids is 2. The number of hydrogen-bond donors (Lipinski definition) is 1. The number of amides is 2. The lowest BCUT2D eigenvalue weighted by Crippen LogP contribution is -2.46. The molecule has 36 heavy (non-hydrogen) atoms. The van der Waals surface area contributed by atoms with Crippen molar-refractivity contribution in [3.8, 4) is 16.9 Å². The van der Waals surface area contributed by atoms with Crippen molar-refractivity contribution in [2.75, 3.05) is 13.1 Å². The van der Waals surface area contributed by atoms with E-state index in [0.29, 0.717) is 48.4 Å². The number of pyridine rings is 1. The monoisotopic (exact) mass is 483 g/mol. The van der Waals surface area contributed by atoms with Gasteiger partial charge in [0, 0.05) is 43.3 Å². The molecule has 4 aromatic rings. The molecule has 1 saturated heterocycles. The number of nitrogens with one attached hydrogen (secondary N) is 1. The van der Waals surface area contributed by atoms with Crippen molar-refractivity contribution >= 4 is 11.8 Å². The van der Waals surface area contributed by atoms with E-state index in [9.17, 15) is 14.0 Å². The summed E-state index contributed by atoms with van der Waals surface area (Å²) in [7, 11) is 0. The van der Waals surface area contributed by atoms with Gasteiger partial charge in [-0.15, -0.1) is 0 Å². The Morgan fingerprint density at radius 1 is 1.00 bits per heavy atom. The fourth-order valence-corrected chi connectivity index (χ4v) is 4.34. The summed E-state index contributed by atoms with van der Waals surface area (Å²) in [6, 6.07) is 17.3. The van der Waals surface area contributed by atoms with Crippen molar-refractivity contribution in [1.29, 1.82) is 0 Å². The minimum Gasteiger partial charge on any atom is -0.349 e. The fraction of sp³-hybridized carbons (Fsp3) is 0.214. The number of benzene rings is 2. The largest absolute Gasteiger partial charge is 0.349 e. The van der Waals surface area contributed by atoms with E-state index in [1.807, 2.05) is 31.2 Å². The van der Waals surface area contributed by atoms with E-state index in [4.69, 9.17) is 5.10 Å². The molecule has 2 aromatic carbocycles. The Morgan fingerprint density at radius 2 is 1.72 bits per heavy atom. The van der Waals surface area contributed by atoms with Gasteiger partial charge in [0.25, 0.3) is 11.8 Å². The highest BCUT2D eigenvalue weighted by Gasteiger charge is 2.28. The van der Waals surface area contributed by atoms with Gasteiger partial charge in [-0.05, 0) is 56.2 Å². The lowest BCUT2D eigenvalue weighted by Gasteiger charge is -2.32. The highest BCUT2D eigenvalue weighted by atomic mass is 19.1. The molecule has 0 atom stereocenters. The van der Waals surface area contributed by atoms with Crippen molar-refractivity contribution in [3.05, 3.63) is 102 Å². The third-order valence-electron chi connectivity index (χ3n) is 6.40. The van der Waals surface area contributed by atoms with Crippen LogP contribution in [0.1, 0.15) is 39.1 Å². The second-order valence-electron chi connectivity index (χ2n) is 8.96. The van der Waals surface area contributed by atoms with Crippen LogP contribution in [0.3, 0.4) is 0 Å². The average Bonchev–Trinajstić information content (AvgIpc) is 3.35. The third kappa shape index (κ3) is 5.02. The van der Waals surface area contributed by atoms with Crippen LogP contribution in [-0.4, -0.2) is 50.6 Å². The Morgan fingerprint density at radius 3 is 2.39 bits per heavy atom. The Labute approximate surface area is 208 Å². The van der Waals surface area contributed by atoms with Crippen LogP contribution >= 0.6 is 0 Å². The van der Waals surface area contributed by atoms with Crippen molar-refractivity contribution in [2.24, 2.45) is 0 Å². The molecule has 0 bridgehead atoms. The number of aryl methyl sites for hydroxylation is 1. The first-order valence-corrected chi connectivity index (χ1v) is 11.9. The van der Waals surface area contributed by atoms with Crippen LogP contribution in [0.15, 0.2) is 79.3 Å². The number of hydrogen-bond acceptors (Lipinski definition) is 4. The zero-order valence-electron chi connectivity index (χ0n) is 19.9. The van der Waals surface area contributed by atoms with Crippen molar-refractivity contribution in [3.63, 3.8) is 0 Å². The van der Waals surface area contributed by atoms with Gasteiger partial charge in [0.05, 0.1) is 16.8 Å². The third-order valence-corrected chi connectivity index (χ3v) is 6.40. The molecule has 1 aliphatic rings. The SMILES string of the molecule is Cc1ccc(-c2nn(-c3ccc(F)cc3)cc2C(=O)N2CCC(NC(=O)c3cccnc3)CC2)cc1. The van der Waals surface area contributed by atoms with Crippen LogP contribution in [0.25, 0.3) is 16.9 Å². The zero-order valence-corrected chi connectivity index (χ0v) is 19.9. The van der Waals surface area contributed by atoms with Gasteiger partial charge in [0.15, 0.2) is 0 Å². The van der Waals surface area contributed by atoms with Crippen LogP contribution in [0, 0.1) is 12.7 Å². The van der Waals surface area contributed by atoms with Gasteiger partial charge in [0.1, 0.15) is 11.5 Å². The maximum absolute atomic E-state index is 13.6. The molecule has 2 amide bonds. The molecule has 2 aromatic heterocycles. The maximum Gasteiger partial charge on any atom is 0.257 e. The summed E-state index contributed by atoms with van der Waals surface area (Å²) in [5.41, 5.74) is 4.20. The van der Waals surface area contributed by atoms with Gasteiger partial charge in [-0.1, -0.05) is 29.8 Å². The highest BCUT2D eigenvalue weighted by Crippen LogP contribution is 2.27. The summed E-state index contributed by atoms with van der Waals surface area (Å²) in [6.07, 6.45) is 6.19. The molecule has 3 heterocycles. The first kappa shape index (κ1) is 23.4. The number of halogens is 1. The molecule has 8 heteroatoms. The number of rotatable bonds is 5. The molecule has 5 rings (SSSR count). The molecule has 0 aliphatic carbocycles. The van der Waals surface area contributed by atoms with E-state index >= 15 is 0 Å². The van der Waals surface area contributed by atoms with Gasteiger partial charge in [-0.25, -0.2) is 9.07 Å². The molecule has 0 saturated carbocycles. The fourth-order valence-electron chi connectivity index (χ4n) is 4.34. The van der Waals surface area contributed by atoms with Crippen molar-refractivity contribution < 1.29 is 14.0 Å². The predicted molar refractivity (Wildman–Crippen MR) is 134 cm³/mol. The van der Waals surface area contributed by atoms with E-state index in [-0.39, 0.29) is 23.7 Å². The summed E-state index contributed by atoms with van der Waals surface area (Å²) in [6.45, 7) is 3.04. The summed E-state index contributed by atoms with van der Waals surface area (Å²) in [4.78, 5) is 31.9. The normalized spacial score (nSPS) is 14.0. The molecule has 1 fully saturated rings. The highest BCUT2D eigenvalue weighted by molar-refractivity contribution is 6.00. The molecular weight excluding hydrogens is 457 g/mol. The number of aromatic nitrogens is 3. The Balaban J connectivity index is 1.35. The van der Waals surface area contributed by atoms with Gasteiger partial charge < -0.3 is 10.2 Å². The van der Waals surface area contributed by atoms with Crippen LogP contribution in [0.2, 0.25) is 0 Å². The molecule has 182 valence electrons. The van der Waals surface area contributed by atoms with Gasteiger partial charge in [-0.2, -0.15) is 5.10 Å². The molecule has 0 spiro atoms. The van der Waals surface area contributed by atoms with Crippen LogP contribution in [-0.2, 0) is 0 Å². The Kier molecular flexibility index (Phi) is 6.58. The molecule has 0 radical (unpaired) electrons. The summed E-state index contributed by atoms with van der Waals surface area (Å²) >= 11 is 0. The molecular formula is C28H26FN5O2. The van der Waals surface area contributed by atoms with Crippen molar-refractivity contribution in [1.82, 2.24) is 25.0 Å². The zero-order chi connectivity index (χ0) is 25.1. The summed E-state index contributed by atoms with van der Waals surface area (Å²) in [5.74, 6) is -0.606. The molecule has 1 N–H and O–H groups in total. The first-order chi connectivity index (χ1) is 17.5. The van der Waals surface area contributed by atoms with Crippen LogP contribution in [0.4, 0.5) is 4.39 Å². The van der Waals surface area contributed by atoms with Crippen LogP contribution < -0.4 is 5.32 Å². The first-order valence-electron chi connectivity index (χ1n) is 11.9. The van der Waals surface area contributed by atoms with E-state index < -0.39 is 0 Å². The maximum atomic E-state index is 13.6. The number of nitrogens with zero attached hydrogens (tertiary/aromatic N) is 4. The second kappa shape index (κ2) is 10.1. The van der Waals surface area contributed by atoms with E-state index in [1.165, 1.54) is 12.1 Å². The van der Waals surface area contributed by atoms with Crippen molar-refractivity contribution in [2.45, 2.75) is 25.8 Å². The van der Waals surface area contributed by atoms with Crippen LogP contribution in [0.5, 0.6) is 0 Å². The molecule has 1 aliphatic heterocycles. The van der Waals surface area contributed by atoms with Gasteiger partial charge in [0.2, 0.25) is 0 Å². The van der Waals surface area contributed by atoms with E-state index in [0.717, 1.165) is 11.1 Å². The lowest BCUT2D eigenvalue weighted by atomic mass is 10.0. The molecule has 7 nitrogen and oxygen atoms in total. The topological polar surface area (TPSA) is 80.1 Å². The van der Waals surface area contributed by atoms with E-state index in [2.05, 4.69) is 10.3 Å². The standard InChI is InChI=1S/C28H26FN5O2/c1-19-4-6-20(7-5-19)26-25(18-34(32-26)24-10-8-22(29)9-11-24)28(36)33-15-12-23(13-16-33)31-27(35)21-3-2-14-30-17-21/h2-11,14,17-18,23H,12-13,15-16H2,1H3,(H,31,35). The quantitative estimate of drug-likeness (QED) is 0.456. The van der Waals surface area contributed by atoms with Gasteiger partial charge in [-0.3, -0.25) is 14.6 Å². The second-order valence-corrected chi connectivity index (χ2v) is 8.96.